The highest BCUT2D eigenvalue weighted by molar-refractivity contribution is 7.89. The highest BCUT2D eigenvalue weighted by atomic mass is 32.2. The van der Waals surface area contributed by atoms with Crippen molar-refractivity contribution in [2.45, 2.75) is 33.6 Å². The van der Waals surface area contributed by atoms with Crippen LogP contribution in [0.15, 0.2) is 12.4 Å². The summed E-state index contributed by atoms with van der Waals surface area (Å²) in [4.78, 5) is 0. The number of sulfonamides is 1. The minimum atomic E-state index is -3.57. The van der Waals surface area contributed by atoms with E-state index in [-0.39, 0.29) is 12.4 Å². The Labute approximate surface area is 129 Å². The van der Waals surface area contributed by atoms with Crippen LogP contribution >= 0.6 is 0 Å². The van der Waals surface area contributed by atoms with Gasteiger partial charge in [-0.05, 0) is 19.8 Å². The van der Waals surface area contributed by atoms with E-state index in [1.807, 2.05) is 20.8 Å². The van der Waals surface area contributed by atoms with Crippen molar-refractivity contribution >= 4 is 15.7 Å². The second-order valence-corrected chi connectivity index (χ2v) is 7.18. The first kappa shape index (κ1) is 16.6. The summed E-state index contributed by atoms with van der Waals surface area (Å²) in [7, 11) is -3.57. The first-order valence-corrected chi connectivity index (χ1v) is 8.81. The molecule has 2 aromatic rings. The molecular weight excluding hydrogens is 306 g/mol. The minimum absolute atomic E-state index is 0.110. The second-order valence-electron chi connectivity index (χ2n) is 5.57. The molecular formula is C13H21N5O3S. The van der Waals surface area contributed by atoms with Gasteiger partial charge in [-0.2, -0.15) is 4.52 Å². The van der Waals surface area contributed by atoms with E-state index in [4.69, 9.17) is 9.88 Å². The summed E-state index contributed by atoms with van der Waals surface area (Å²) < 4.78 is 30.2. The third-order valence-electron chi connectivity index (χ3n) is 3.96. The van der Waals surface area contributed by atoms with Gasteiger partial charge in [0.05, 0.1) is 12.4 Å². The Morgan fingerprint density at radius 3 is 2.64 bits per heavy atom. The number of hydrogen-bond donors (Lipinski definition) is 1. The molecule has 2 aromatic heterocycles. The molecule has 0 saturated carbocycles. The number of rotatable bonds is 7. The van der Waals surface area contributed by atoms with Gasteiger partial charge in [0.2, 0.25) is 15.9 Å². The van der Waals surface area contributed by atoms with Gasteiger partial charge in [-0.15, -0.1) is 15.3 Å². The number of primary sulfonamides is 1. The third-order valence-corrected chi connectivity index (χ3v) is 4.98. The second kappa shape index (κ2) is 6.17. The Kier molecular flexibility index (Phi) is 4.66. The lowest BCUT2D eigenvalue weighted by atomic mass is 9.85. The molecule has 0 saturated heterocycles. The Bertz CT molecular complexity index is 752. The van der Waals surface area contributed by atoms with Crippen molar-refractivity contribution in [3.63, 3.8) is 0 Å². The van der Waals surface area contributed by atoms with Gasteiger partial charge in [0, 0.05) is 17.0 Å². The molecule has 9 heteroatoms. The van der Waals surface area contributed by atoms with Crippen LogP contribution in [0, 0.1) is 12.3 Å². The molecule has 2 N–H and O–H groups in total. The van der Waals surface area contributed by atoms with Crippen molar-refractivity contribution in [3.05, 3.63) is 18.0 Å². The van der Waals surface area contributed by atoms with Crippen LogP contribution in [0.4, 0.5) is 0 Å². The molecule has 0 fully saturated rings. The lowest BCUT2D eigenvalue weighted by Gasteiger charge is -2.30. The van der Waals surface area contributed by atoms with Gasteiger partial charge in [0.15, 0.2) is 5.65 Å². The summed E-state index contributed by atoms with van der Waals surface area (Å²) in [6.45, 7) is 5.98. The van der Waals surface area contributed by atoms with Gasteiger partial charge >= 0.3 is 0 Å². The van der Waals surface area contributed by atoms with Crippen molar-refractivity contribution in [1.29, 1.82) is 0 Å². The largest absolute Gasteiger partial charge is 0.476 e. The van der Waals surface area contributed by atoms with Crippen LogP contribution in [0.5, 0.6) is 5.88 Å². The smallest absolute Gasteiger partial charge is 0.232 e. The molecule has 0 aliphatic heterocycles. The minimum Gasteiger partial charge on any atom is -0.476 e. The molecule has 0 spiro atoms. The predicted octanol–water partition coefficient (Wildman–Crippen LogP) is 0.906. The van der Waals surface area contributed by atoms with Crippen molar-refractivity contribution in [1.82, 2.24) is 19.8 Å². The number of hydrogen-bond acceptors (Lipinski definition) is 6. The molecule has 0 radical (unpaired) electrons. The van der Waals surface area contributed by atoms with E-state index in [9.17, 15) is 8.42 Å². The SMILES string of the molecule is CCC(CC)(COc1cc(C)c2nncn2n1)CS(N)(=O)=O. The monoisotopic (exact) mass is 327 g/mol. The molecule has 0 aliphatic carbocycles. The van der Waals surface area contributed by atoms with Crippen LogP contribution in [0.3, 0.4) is 0 Å². The fourth-order valence-electron chi connectivity index (χ4n) is 2.37. The van der Waals surface area contributed by atoms with Crippen LogP contribution in [-0.2, 0) is 10.0 Å². The average Bonchev–Trinajstić information content (AvgIpc) is 2.91. The van der Waals surface area contributed by atoms with Gasteiger partial charge in [0.25, 0.3) is 0 Å². The molecule has 0 amide bonds. The number of ether oxygens (including phenoxy) is 1. The molecule has 0 aliphatic rings. The molecule has 8 nitrogen and oxygen atoms in total. The van der Waals surface area contributed by atoms with E-state index < -0.39 is 15.4 Å². The van der Waals surface area contributed by atoms with Gasteiger partial charge in [-0.25, -0.2) is 13.6 Å². The topological polar surface area (TPSA) is 112 Å². The quantitative estimate of drug-likeness (QED) is 0.808. The van der Waals surface area contributed by atoms with Crippen molar-refractivity contribution in [3.8, 4) is 5.88 Å². The summed E-state index contributed by atoms with van der Waals surface area (Å²) in [5.41, 5.74) is 1.02. The maximum absolute atomic E-state index is 11.5. The Hall–Kier alpha value is -1.74. The molecule has 22 heavy (non-hydrogen) atoms. The first-order chi connectivity index (χ1) is 10.3. The van der Waals surface area contributed by atoms with Crippen LogP contribution in [0.25, 0.3) is 5.65 Å². The summed E-state index contributed by atoms with van der Waals surface area (Å²) in [6, 6.07) is 1.76. The van der Waals surface area contributed by atoms with Crippen molar-refractivity contribution < 1.29 is 13.2 Å². The van der Waals surface area contributed by atoms with Crippen molar-refractivity contribution in [2.75, 3.05) is 12.4 Å². The lowest BCUT2D eigenvalue weighted by molar-refractivity contribution is 0.148. The average molecular weight is 327 g/mol. The number of aromatic nitrogens is 4. The molecule has 2 rings (SSSR count). The van der Waals surface area contributed by atoms with Crippen LogP contribution in [0.2, 0.25) is 0 Å². The maximum atomic E-state index is 11.5. The van der Waals surface area contributed by atoms with Crippen LogP contribution < -0.4 is 9.88 Å². The Morgan fingerprint density at radius 1 is 1.36 bits per heavy atom. The Balaban J connectivity index is 2.20. The van der Waals surface area contributed by atoms with E-state index in [1.54, 1.807) is 6.07 Å². The highest BCUT2D eigenvalue weighted by Gasteiger charge is 2.32. The van der Waals surface area contributed by atoms with Gasteiger partial charge in [0.1, 0.15) is 6.33 Å². The molecule has 0 atom stereocenters. The first-order valence-electron chi connectivity index (χ1n) is 7.09. The molecule has 2 heterocycles. The zero-order valence-electron chi connectivity index (χ0n) is 13.0. The third kappa shape index (κ3) is 3.72. The summed E-state index contributed by atoms with van der Waals surface area (Å²) in [6.07, 6.45) is 2.79. The molecule has 0 bridgehead atoms. The van der Waals surface area contributed by atoms with E-state index in [2.05, 4.69) is 15.3 Å². The molecule has 0 unspecified atom stereocenters. The number of fused-ring (bicyclic) bond motifs is 1. The predicted molar refractivity (Wildman–Crippen MR) is 82.0 cm³/mol. The van der Waals surface area contributed by atoms with Gasteiger partial charge in [-0.1, -0.05) is 13.8 Å². The number of aryl methyl sites for hydroxylation is 1. The number of nitrogens with two attached hydrogens (primary N) is 1. The van der Waals surface area contributed by atoms with Gasteiger partial charge < -0.3 is 4.74 Å². The normalized spacial score (nSPS) is 12.7. The molecule has 0 aromatic carbocycles. The standard InChI is InChI=1S/C13H21N5O3S/c1-4-13(5-2,8-22(14,19)20)7-21-11-6-10(3)12-16-15-9-18(12)17-11/h6,9H,4-5,7-8H2,1-3H3,(H2,14,19,20). The zero-order chi connectivity index (χ0) is 16.4. The van der Waals surface area contributed by atoms with Crippen LogP contribution in [0.1, 0.15) is 32.3 Å². The van der Waals surface area contributed by atoms with Gasteiger partial charge in [-0.3, -0.25) is 0 Å². The fraction of sp³-hybridized carbons (Fsp3) is 0.615. The fourth-order valence-corrected chi connectivity index (χ4v) is 3.72. The van der Waals surface area contributed by atoms with E-state index >= 15 is 0 Å². The zero-order valence-corrected chi connectivity index (χ0v) is 13.8. The highest BCUT2D eigenvalue weighted by Crippen LogP contribution is 2.29. The van der Waals surface area contributed by atoms with E-state index in [0.29, 0.717) is 24.4 Å². The van der Waals surface area contributed by atoms with E-state index in [1.165, 1.54) is 10.8 Å². The lowest BCUT2D eigenvalue weighted by Crippen LogP contribution is -2.37. The summed E-state index contributed by atoms with van der Waals surface area (Å²) in [5, 5.41) is 17.2. The summed E-state index contributed by atoms with van der Waals surface area (Å²) in [5.74, 6) is 0.298. The van der Waals surface area contributed by atoms with E-state index in [0.717, 1.165) is 5.56 Å². The Morgan fingerprint density at radius 2 is 2.05 bits per heavy atom. The maximum Gasteiger partial charge on any atom is 0.232 e. The van der Waals surface area contributed by atoms with Crippen LogP contribution in [-0.4, -0.2) is 40.6 Å². The molecule has 122 valence electrons. The number of nitrogens with zero attached hydrogens (tertiary/aromatic N) is 4. The van der Waals surface area contributed by atoms with Crippen molar-refractivity contribution in [2.24, 2.45) is 10.6 Å². The summed E-state index contributed by atoms with van der Waals surface area (Å²) >= 11 is 0.